The smallest absolute Gasteiger partial charge is 0.344 e. The second-order valence-corrected chi connectivity index (χ2v) is 6.77. The van der Waals surface area contributed by atoms with Crippen LogP contribution in [0.15, 0.2) is 0 Å². The van der Waals surface area contributed by atoms with Crippen LogP contribution < -0.4 is 0 Å². The minimum Gasteiger partial charge on any atom is -0.465 e. The molecule has 18 heavy (non-hydrogen) atoms. The number of methoxy groups -OCH3 is 2. The molecule has 0 fully saturated rings. The van der Waals surface area contributed by atoms with Gasteiger partial charge in [0.25, 0.3) is 0 Å². The van der Waals surface area contributed by atoms with E-state index in [9.17, 15) is 9.59 Å². The number of ether oxygens (including phenoxy) is 2. The molecule has 6 heteroatoms. The molecule has 0 amide bonds. The molecule has 0 saturated heterocycles. The molecule has 100 valence electrons. The molecule has 0 saturated carbocycles. The van der Waals surface area contributed by atoms with Gasteiger partial charge in [-0.05, 0) is 6.42 Å². The largest absolute Gasteiger partial charge is 0.465 e. The van der Waals surface area contributed by atoms with E-state index in [0.29, 0.717) is 10.9 Å². The van der Waals surface area contributed by atoms with E-state index in [0.717, 1.165) is 18.7 Å². The van der Waals surface area contributed by atoms with Crippen molar-refractivity contribution in [3.05, 3.63) is 15.7 Å². The fourth-order valence-corrected chi connectivity index (χ4v) is 4.89. The van der Waals surface area contributed by atoms with Crippen molar-refractivity contribution in [3.8, 4) is 0 Å². The minimum absolute atomic E-state index is 0.156. The van der Waals surface area contributed by atoms with Gasteiger partial charge in [0.2, 0.25) is 0 Å². The summed E-state index contributed by atoms with van der Waals surface area (Å²) in [7, 11) is 4.86. The Labute approximate surface area is 112 Å². The number of rotatable bonds is 4. The summed E-state index contributed by atoms with van der Waals surface area (Å²) in [6.07, 6.45) is 0.875. The lowest BCUT2D eigenvalue weighted by molar-refractivity contribution is 0.0558. The predicted molar refractivity (Wildman–Crippen MR) is 72.8 cm³/mol. The highest BCUT2D eigenvalue weighted by atomic mass is 32.5. The second-order valence-electron chi connectivity index (χ2n) is 4.46. The van der Waals surface area contributed by atoms with Gasteiger partial charge in [0.1, 0.15) is 5.30 Å². The van der Waals surface area contributed by atoms with Crippen molar-refractivity contribution < 1.29 is 19.1 Å². The molecule has 1 aromatic rings. The molecular weight excluding hydrogens is 271 g/mol. The lowest BCUT2D eigenvalue weighted by atomic mass is 9.86. The molecule has 0 N–H and O–H groups in total. The number of esters is 2. The third-order valence-corrected chi connectivity index (χ3v) is 5.95. The fraction of sp³-hybridized carbons (Fsp3) is 0.583. The van der Waals surface area contributed by atoms with Crippen molar-refractivity contribution in [2.75, 3.05) is 14.2 Å². The molecule has 0 aliphatic rings. The topological polar surface area (TPSA) is 52.6 Å². The van der Waals surface area contributed by atoms with Crippen molar-refractivity contribution in [2.45, 2.75) is 32.6 Å². The van der Waals surface area contributed by atoms with E-state index in [1.807, 2.05) is 13.8 Å². The maximum absolute atomic E-state index is 11.9. The summed E-state index contributed by atoms with van der Waals surface area (Å²) in [5, 5.41) is 0.380. The highest BCUT2D eigenvalue weighted by molar-refractivity contribution is 7.81. The van der Waals surface area contributed by atoms with Gasteiger partial charge in [0, 0.05) is 17.7 Å². The van der Waals surface area contributed by atoms with Gasteiger partial charge in [-0.3, -0.25) is 0 Å². The molecule has 0 aliphatic heterocycles. The Balaban J connectivity index is 3.42. The summed E-state index contributed by atoms with van der Waals surface area (Å²) in [6, 6.07) is 0. The van der Waals surface area contributed by atoms with Crippen LogP contribution in [0.1, 0.15) is 52.5 Å². The van der Waals surface area contributed by atoms with Gasteiger partial charge >= 0.3 is 11.9 Å². The molecule has 0 aliphatic carbocycles. The van der Waals surface area contributed by atoms with Gasteiger partial charge in [-0.15, -0.1) is 10.9 Å². The van der Waals surface area contributed by atoms with Crippen molar-refractivity contribution >= 4 is 30.3 Å². The highest BCUT2D eigenvalue weighted by Crippen LogP contribution is 2.42. The predicted octanol–water partition coefficient (Wildman–Crippen LogP) is 3.59. The zero-order valence-corrected chi connectivity index (χ0v) is 12.9. The average molecular weight is 288 g/mol. The van der Waals surface area contributed by atoms with Crippen LogP contribution in [-0.2, 0) is 14.9 Å². The minimum atomic E-state index is -0.468. The summed E-state index contributed by atoms with van der Waals surface area (Å²) in [6.45, 7) is 6.15. The van der Waals surface area contributed by atoms with Crippen molar-refractivity contribution in [1.29, 1.82) is 0 Å². The number of carbonyl (C=O) groups is 2. The summed E-state index contributed by atoms with van der Waals surface area (Å²) in [5.74, 6) is -0.934. The third kappa shape index (κ3) is 2.73. The first-order chi connectivity index (χ1) is 8.38. The van der Waals surface area contributed by atoms with Crippen LogP contribution >= 0.6 is 18.3 Å². The normalized spacial score (nSPS) is 11.6. The number of carbonyl (C=O) groups excluding carboxylic acids is 2. The van der Waals surface area contributed by atoms with E-state index in [1.165, 1.54) is 25.2 Å². The SMILES string of the molecule is CCC(C)(C)c1spc(C(=O)OC)c1C(=O)OC. The van der Waals surface area contributed by atoms with Crippen molar-refractivity contribution in [2.24, 2.45) is 0 Å². The van der Waals surface area contributed by atoms with E-state index >= 15 is 0 Å². The Morgan fingerprint density at radius 3 is 2.22 bits per heavy atom. The van der Waals surface area contributed by atoms with E-state index in [1.54, 1.807) is 0 Å². The lowest BCUT2D eigenvalue weighted by Gasteiger charge is -2.22. The van der Waals surface area contributed by atoms with Gasteiger partial charge in [-0.1, -0.05) is 20.8 Å². The summed E-state index contributed by atoms with van der Waals surface area (Å²) >= 11 is 0. The van der Waals surface area contributed by atoms with E-state index in [2.05, 4.69) is 6.92 Å². The van der Waals surface area contributed by atoms with Gasteiger partial charge in [-0.2, -0.15) is 0 Å². The molecule has 0 spiro atoms. The first-order valence-electron chi connectivity index (χ1n) is 5.55. The maximum atomic E-state index is 11.9. The van der Waals surface area contributed by atoms with E-state index < -0.39 is 11.9 Å². The van der Waals surface area contributed by atoms with E-state index in [-0.39, 0.29) is 5.41 Å². The standard InChI is InChI=1S/C12H17O4PS/c1-6-12(2,3)9-7(10(13)15-4)8(17-18-9)11(14)16-5/h6H2,1-5H3. The van der Waals surface area contributed by atoms with E-state index in [4.69, 9.17) is 9.47 Å². The Hall–Kier alpha value is -0.930. The molecule has 0 aromatic carbocycles. The molecule has 1 aromatic heterocycles. The van der Waals surface area contributed by atoms with Crippen molar-refractivity contribution in [1.82, 2.24) is 0 Å². The molecule has 0 atom stereocenters. The zero-order chi connectivity index (χ0) is 13.9. The number of hydrogen-bond acceptors (Lipinski definition) is 5. The Kier molecular flexibility index (Phi) is 4.88. The van der Waals surface area contributed by atoms with Crippen LogP contribution in [0.4, 0.5) is 0 Å². The first-order valence-corrected chi connectivity index (χ1v) is 7.87. The summed E-state index contributed by atoms with van der Waals surface area (Å²) in [5.41, 5.74) is 0.222. The molecule has 0 bridgehead atoms. The zero-order valence-electron chi connectivity index (χ0n) is 11.2. The summed E-state index contributed by atoms with van der Waals surface area (Å²) in [4.78, 5) is 24.5. The number of hydrogen-bond donors (Lipinski definition) is 0. The average Bonchev–Trinajstić information content (AvgIpc) is 2.82. The van der Waals surface area contributed by atoms with Crippen LogP contribution in [-0.4, -0.2) is 26.2 Å². The molecular formula is C12H17O4PS. The third-order valence-electron chi connectivity index (χ3n) is 2.96. The Morgan fingerprint density at radius 2 is 1.78 bits per heavy atom. The van der Waals surface area contributed by atoms with Crippen LogP contribution in [0.5, 0.6) is 0 Å². The van der Waals surface area contributed by atoms with Crippen LogP contribution in [0.2, 0.25) is 0 Å². The molecule has 1 heterocycles. The molecule has 4 nitrogen and oxygen atoms in total. The monoisotopic (exact) mass is 288 g/mol. The Bertz CT molecular complexity index is 465. The quantitative estimate of drug-likeness (QED) is 0.794. The highest BCUT2D eigenvalue weighted by Gasteiger charge is 2.32. The first kappa shape index (κ1) is 15.1. The maximum Gasteiger partial charge on any atom is 0.344 e. The molecule has 1 rings (SSSR count). The van der Waals surface area contributed by atoms with Gasteiger partial charge < -0.3 is 9.47 Å². The molecule has 0 unspecified atom stereocenters. The van der Waals surface area contributed by atoms with Gasteiger partial charge in [0.15, 0.2) is 0 Å². The lowest BCUT2D eigenvalue weighted by Crippen LogP contribution is -2.20. The summed E-state index contributed by atoms with van der Waals surface area (Å²) < 4.78 is 9.50. The second kappa shape index (κ2) is 5.81. The molecule has 0 radical (unpaired) electrons. The van der Waals surface area contributed by atoms with Crippen LogP contribution in [0.25, 0.3) is 0 Å². The van der Waals surface area contributed by atoms with Crippen molar-refractivity contribution in [3.63, 3.8) is 0 Å². The fourth-order valence-electron chi connectivity index (χ4n) is 1.44. The Morgan fingerprint density at radius 1 is 1.22 bits per heavy atom. The van der Waals surface area contributed by atoms with Crippen LogP contribution in [0.3, 0.4) is 0 Å². The van der Waals surface area contributed by atoms with Gasteiger partial charge in [0.05, 0.1) is 19.8 Å². The van der Waals surface area contributed by atoms with Crippen LogP contribution in [0, 0.1) is 0 Å². The van der Waals surface area contributed by atoms with Gasteiger partial charge in [-0.25, -0.2) is 9.59 Å².